The standard InChI is InChI=1S/C13H15N3S2.ClH/c14-8-11-3-1-10(2-4-11)7-12-9-15-5-6-16(12)13(17)18;/h1-4,12,15H,5-7,9H2,(H,17,18);1H. The highest BCUT2D eigenvalue weighted by molar-refractivity contribution is 8.10. The van der Waals surface area contributed by atoms with Crippen molar-refractivity contribution in [3.8, 4) is 6.07 Å². The first-order valence-corrected chi connectivity index (χ1v) is 6.75. The van der Waals surface area contributed by atoms with Crippen LogP contribution in [0.5, 0.6) is 0 Å². The number of rotatable bonds is 2. The zero-order valence-electron chi connectivity index (χ0n) is 10.4. The highest BCUT2D eigenvalue weighted by atomic mass is 35.5. The summed E-state index contributed by atoms with van der Waals surface area (Å²) >= 11 is 9.45. The summed E-state index contributed by atoms with van der Waals surface area (Å²) in [7, 11) is 0. The van der Waals surface area contributed by atoms with E-state index in [4.69, 9.17) is 17.5 Å². The van der Waals surface area contributed by atoms with Crippen molar-refractivity contribution in [3.05, 3.63) is 35.4 Å². The van der Waals surface area contributed by atoms with Crippen LogP contribution in [0.1, 0.15) is 11.1 Å². The van der Waals surface area contributed by atoms with Gasteiger partial charge in [0, 0.05) is 25.7 Å². The molecule has 0 saturated carbocycles. The van der Waals surface area contributed by atoms with Crippen LogP contribution in [0.25, 0.3) is 0 Å². The van der Waals surface area contributed by atoms with Gasteiger partial charge in [-0.15, -0.1) is 25.0 Å². The van der Waals surface area contributed by atoms with E-state index in [2.05, 4.69) is 28.9 Å². The Morgan fingerprint density at radius 3 is 2.74 bits per heavy atom. The van der Waals surface area contributed by atoms with Crippen LogP contribution in [0.2, 0.25) is 0 Å². The zero-order valence-corrected chi connectivity index (χ0v) is 12.9. The normalized spacial score (nSPS) is 18.3. The van der Waals surface area contributed by atoms with Gasteiger partial charge in [0.1, 0.15) is 4.32 Å². The molecule has 0 spiro atoms. The van der Waals surface area contributed by atoms with Gasteiger partial charge in [0.25, 0.3) is 0 Å². The van der Waals surface area contributed by atoms with Crippen molar-refractivity contribution in [2.75, 3.05) is 19.6 Å². The van der Waals surface area contributed by atoms with Gasteiger partial charge < -0.3 is 10.2 Å². The van der Waals surface area contributed by atoms with Crippen LogP contribution in [-0.2, 0) is 6.42 Å². The fraction of sp³-hybridized carbons (Fsp3) is 0.385. The SMILES string of the molecule is Cl.N#Cc1ccc(CC2CNCCN2C(=S)S)cc1. The molecule has 6 heteroatoms. The molecule has 0 amide bonds. The number of hydrogen-bond acceptors (Lipinski definition) is 3. The lowest BCUT2D eigenvalue weighted by atomic mass is 10.0. The number of nitrogens with one attached hydrogen (secondary N) is 1. The van der Waals surface area contributed by atoms with Gasteiger partial charge in [0.15, 0.2) is 0 Å². The molecule has 1 saturated heterocycles. The van der Waals surface area contributed by atoms with Crippen LogP contribution in [-0.4, -0.2) is 34.9 Å². The topological polar surface area (TPSA) is 39.1 Å². The molecule has 1 heterocycles. The van der Waals surface area contributed by atoms with Crippen molar-refractivity contribution < 1.29 is 0 Å². The molecule has 1 atom stereocenters. The molecule has 3 nitrogen and oxygen atoms in total. The Labute approximate surface area is 130 Å². The molecule has 0 radical (unpaired) electrons. The lowest BCUT2D eigenvalue weighted by Crippen LogP contribution is -2.53. The maximum atomic E-state index is 8.77. The van der Waals surface area contributed by atoms with E-state index in [0.29, 0.717) is 15.9 Å². The number of halogens is 1. The molecule has 0 aliphatic carbocycles. The molecule has 1 N–H and O–H groups in total. The highest BCUT2D eigenvalue weighted by Crippen LogP contribution is 2.14. The molecular formula is C13H16ClN3S2. The Balaban J connectivity index is 0.00000180. The number of thiocarbonyl (C=S) groups is 1. The molecule has 1 unspecified atom stereocenters. The Hall–Kier alpha value is -0.800. The number of piperazine rings is 1. The average Bonchev–Trinajstić information content (AvgIpc) is 2.40. The maximum Gasteiger partial charge on any atom is 0.133 e. The van der Waals surface area contributed by atoms with Crippen LogP contribution in [0.15, 0.2) is 24.3 Å². The smallest absolute Gasteiger partial charge is 0.133 e. The second-order valence-electron chi connectivity index (χ2n) is 4.35. The van der Waals surface area contributed by atoms with E-state index in [-0.39, 0.29) is 12.4 Å². The number of hydrogen-bond donors (Lipinski definition) is 2. The summed E-state index contributed by atoms with van der Waals surface area (Å²) in [5.74, 6) is 0. The molecule has 102 valence electrons. The van der Waals surface area contributed by atoms with Crippen LogP contribution in [0.4, 0.5) is 0 Å². The summed E-state index contributed by atoms with van der Waals surface area (Å²) < 4.78 is 0.662. The van der Waals surface area contributed by atoms with Gasteiger partial charge in [0.2, 0.25) is 0 Å². The minimum Gasteiger partial charge on any atom is -0.352 e. The quantitative estimate of drug-likeness (QED) is 0.647. The Morgan fingerprint density at radius 2 is 2.16 bits per heavy atom. The lowest BCUT2D eigenvalue weighted by molar-refractivity contribution is 0.264. The van der Waals surface area contributed by atoms with Crippen LogP contribution in [0.3, 0.4) is 0 Å². The molecule has 2 rings (SSSR count). The molecule has 1 aromatic carbocycles. The summed E-state index contributed by atoms with van der Waals surface area (Å²) in [5.41, 5.74) is 1.92. The Morgan fingerprint density at radius 1 is 1.47 bits per heavy atom. The molecule has 1 aliphatic heterocycles. The third kappa shape index (κ3) is 4.36. The first kappa shape index (κ1) is 16.3. The number of benzene rings is 1. The van der Waals surface area contributed by atoms with E-state index in [1.807, 2.05) is 24.3 Å². The lowest BCUT2D eigenvalue weighted by Gasteiger charge is -2.36. The largest absolute Gasteiger partial charge is 0.352 e. The van der Waals surface area contributed by atoms with Gasteiger partial charge >= 0.3 is 0 Å². The van der Waals surface area contributed by atoms with Crippen molar-refractivity contribution in [1.82, 2.24) is 10.2 Å². The highest BCUT2D eigenvalue weighted by Gasteiger charge is 2.22. The maximum absolute atomic E-state index is 8.77. The molecule has 1 fully saturated rings. The van der Waals surface area contributed by atoms with Gasteiger partial charge in [-0.2, -0.15) is 5.26 Å². The van der Waals surface area contributed by atoms with Crippen molar-refractivity contribution in [2.45, 2.75) is 12.5 Å². The summed E-state index contributed by atoms with van der Waals surface area (Å²) in [4.78, 5) is 2.16. The summed E-state index contributed by atoms with van der Waals surface area (Å²) in [6.07, 6.45) is 0.916. The first-order chi connectivity index (χ1) is 8.70. The fourth-order valence-corrected chi connectivity index (χ4v) is 2.69. The van der Waals surface area contributed by atoms with Gasteiger partial charge in [0.05, 0.1) is 11.6 Å². The Bertz CT molecular complexity index is 470. The molecule has 0 bridgehead atoms. The third-order valence-corrected chi connectivity index (χ3v) is 3.64. The second-order valence-corrected chi connectivity index (χ2v) is 5.46. The van der Waals surface area contributed by atoms with Gasteiger partial charge in [-0.05, 0) is 24.1 Å². The van der Waals surface area contributed by atoms with E-state index in [0.717, 1.165) is 26.1 Å². The predicted molar refractivity (Wildman–Crippen MR) is 87.1 cm³/mol. The minimum absolute atomic E-state index is 0. The Kier molecular flexibility index (Phi) is 6.59. The third-order valence-electron chi connectivity index (χ3n) is 3.15. The van der Waals surface area contributed by atoms with E-state index < -0.39 is 0 Å². The minimum atomic E-state index is 0. The molecule has 1 aromatic rings. The average molecular weight is 314 g/mol. The van der Waals surface area contributed by atoms with E-state index in [9.17, 15) is 0 Å². The van der Waals surface area contributed by atoms with Gasteiger partial charge in [-0.25, -0.2) is 0 Å². The molecular weight excluding hydrogens is 298 g/mol. The summed E-state index contributed by atoms with van der Waals surface area (Å²) in [6.45, 7) is 2.77. The van der Waals surface area contributed by atoms with Crippen molar-refractivity contribution >= 4 is 41.6 Å². The monoisotopic (exact) mass is 313 g/mol. The van der Waals surface area contributed by atoms with Crippen LogP contribution < -0.4 is 5.32 Å². The van der Waals surface area contributed by atoms with E-state index in [1.54, 1.807) is 0 Å². The van der Waals surface area contributed by atoms with E-state index >= 15 is 0 Å². The van der Waals surface area contributed by atoms with Crippen LogP contribution >= 0.6 is 37.3 Å². The fourth-order valence-electron chi connectivity index (χ4n) is 2.18. The van der Waals surface area contributed by atoms with E-state index in [1.165, 1.54) is 5.56 Å². The zero-order chi connectivity index (χ0) is 13.0. The van der Waals surface area contributed by atoms with Gasteiger partial charge in [-0.3, -0.25) is 0 Å². The van der Waals surface area contributed by atoms with Crippen LogP contribution in [0, 0.1) is 11.3 Å². The second kappa shape index (κ2) is 7.71. The summed E-state index contributed by atoms with van der Waals surface area (Å²) in [6, 6.07) is 10.2. The molecule has 19 heavy (non-hydrogen) atoms. The molecule has 0 aromatic heterocycles. The summed E-state index contributed by atoms with van der Waals surface area (Å²) in [5, 5.41) is 12.1. The number of nitrogens with zero attached hydrogens (tertiary/aromatic N) is 2. The first-order valence-electron chi connectivity index (χ1n) is 5.90. The van der Waals surface area contributed by atoms with Gasteiger partial charge in [-0.1, -0.05) is 24.4 Å². The molecule has 1 aliphatic rings. The number of nitriles is 1. The van der Waals surface area contributed by atoms with Crippen molar-refractivity contribution in [3.63, 3.8) is 0 Å². The van der Waals surface area contributed by atoms with Crippen molar-refractivity contribution in [2.24, 2.45) is 0 Å². The predicted octanol–water partition coefficient (Wildman–Crippen LogP) is 2.01. The van der Waals surface area contributed by atoms with Crippen molar-refractivity contribution in [1.29, 1.82) is 5.26 Å². The number of thiol groups is 1.